The lowest BCUT2D eigenvalue weighted by molar-refractivity contribution is 0.211. The van der Waals surface area contributed by atoms with Gasteiger partial charge in [0, 0.05) is 19.6 Å². The molecule has 1 aromatic rings. The number of nitrogens with zero attached hydrogens (tertiary/aromatic N) is 3. The van der Waals surface area contributed by atoms with E-state index in [1.54, 1.807) is 0 Å². The van der Waals surface area contributed by atoms with Crippen LogP contribution in [-0.4, -0.2) is 39.8 Å². The summed E-state index contributed by atoms with van der Waals surface area (Å²) in [7, 11) is 0. The normalized spacial score (nSPS) is 22.4. The fraction of sp³-hybridized carbons (Fsp3) is 0.800. The Bertz CT molecular complexity index is 313. The maximum Gasteiger partial charge on any atom is 0.240 e. The second-order valence-corrected chi connectivity index (χ2v) is 4.03. The predicted octanol–water partition coefficient (Wildman–Crippen LogP) is 0.446. The molecule has 1 aliphatic heterocycles. The van der Waals surface area contributed by atoms with Crippen molar-refractivity contribution in [1.82, 2.24) is 15.0 Å². The van der Waals surface area contributed by atoms with Crippen molar-refractivity contribution in [1.29, 1.82) is 0 Å². The number of aromatic nitrogens is 2. The molecule has 0 radical (unpaired) electrons. The molecule has 1 aromatic heterocycles. The van der Waals surface area contributed by atoms with E-state index in [4.69, 9.17) is 9.63 Å². The largest absolute Gasteiger partial charge is 0.396 e. The van der Waals surface area contributed by atoms with E-state index in [0.29, 0.717) is 18.4 Å². The van der Waals surface area contributed by atoms with Crippen LogP contribution in [0.3, 0.4) is 0 Å². The topological polar surface area (TPSA) is 62.4 Å². The van der Waals surface area contributed by atoms with Crippen molar-refractivity contribution in [3.63, 3.8) is 0 Å². The van der Waals surface area contributed by atoms with Gasteiger partial charge in [0.25, 0.3) is 0 Å². The van der Waals surface area contributed by atoms with E-state index in [0.717, 1.165) is 31.8 Å². The molecule has 2 heterocycles. The third-order valence-electron chi connectivity index (χ3n) is 2.81. The van der Waals surface area contributed by atoms with Crippen LogP contribution in [0, 0.1) is 5.92 Å². The van der Waals surface area contributed by atoms with Crippen LogP contribution in [0.1, 0.15) is 25.1 Å². The summed E-state index contributed by atoms with van der Waals surface area (Å²) < 4.78 is 5.12. The van der Waals surface area contributed by atoms with Gasteiger partial charge in [0.15, 0.2) is 5.82 Å². The molecule has 1 saturated heterocycles. The Morgan fingerprint density at radius 3 is 3.07 bits per heavy atom. The lowest BCUT2D eigenvalue weighted by atomic mass is 10.1. The van der Waals surface area contributed by atoms with E-state index in [-0.39, 0.29) is 6.61 Å². The van der Waals surface area contributed by atoms with Gasteiger partial charge in [0.05, 0.1) is 6.54 Å². The molecule has 1 N–H and O–H groups in total. The van der Waals surface area contributed by atoms with E-state index in [9.17, 15) is 0 Å². The molecule has 1 atom stereocenters. The van der Waals surface area contributed by atoms with E-state index in [1.807, 2.05) is 6.92 Å². The van der Waals surface area contributed by atoms with Crippen molar-refractivity contribution < 1.29 is 9.63 Å². The Balaban J connectivity index is 1.87. The smallest absolute Gasteiger partial charge is 0.240 e. The first-order chi connectivity index (χ1) is 7.31. The molecule has 84 valence electrons. The molecule has 5 heteroatoms. The molecule has 0 saturated carbocycles. The first-order valence-corrected chi connectivity index (χ1v) is 5.46. The second kappa shape index (κ2) is 4.72. The van der Waals surface area contributed by atoms with Gasteiger partial charge in [-0.25, -0.2) is 0 Å². The zero-order valence-electron chi connectivity index (χ0n) is 9.02. The van der Waals surface area contributed by atoms with E-state index in [1.165, 1.54) is 0 Å². The number of rotatable bonds is 4. The summed E-state index contributed by atoms with van der Waals surface area (Å²) in [5.41, 5.74) is 0. The molecule has 0 bridgehead atoms. The van der Waals surface area contributed by atoms with Crippen LogP contribution < -0.4 is 0 Å². The van der Waals surface area contributed by atoms with Gasteiger partial charge in [-0.1, -0.05) is 12.1 Å². The maximum atomic E-state index is 9.01. The molecule has 1 fully saturated rings. The van der Waals surface area contributed by atoms with Gasteiger partial charge in [-0.2, -0.15) is 4.98 Å². The number of aliphatic hydroxyl groups is 1. The van der Waals surface area contributed by atoms with Crippen molar-refractivity contribution >= 4 is 0 Å². The minimum atomic E-state index is 0.278. The monoisotopic (exact) mass is 211 g/mol. The highest BCUT2D eigenvalue weighted by Crippen LogP contribution is 2.17. The lowest BCUT2D eigenvalue weighted by Gasteiger charge is -2.11. The fourth-order valence-electron chi connectivity index (χ4n) is 1.89. The molecule has 1 aliphatic rings. The lowest BCUT2D eigenvalue weighted by Crippen LogP contribution is -2.21. The van der Waals surface area contributed by atoms with Crippen LogP contribution in [-0.2, 0) is 13.0 Å². The minimum absolute atomic E-state index is 0.278. The molecule has 2 rings (SSSR count). The fourth-order valence-corrected chi connectivity index (χ4v) is 1.89. The van der Waals surface area contributed by atoms with Crippen LogP contribution in [0.2, 0.25) is 0 Å². The van der Waals surface area contributed by atoms with Gasteiger partial charge < -0.3 is 9.63 Å². The zero-order chi connectivity index (χ0) is 10.7. The molecule has 0 amide bonds. The summed E-state index contributed by atoms with van der Waals surface area (Å²) in [6.45, 7) is 4.94. The van der Waals surface area contributed by atoms with E-state index < -0.39 is 0 Å². The maximum absolute atomic E-state index is 9.01. The van der Waals surface area contributed by atoms with Gasteiger partial charge in [-0.05, 0) is 18.9 Å². The Hall–Kier alpha value is -0.940. The molecule has 0 spiro atoms. The highest BCUT2D eigenvalue weighted by Gasteiger charge is 2.23. The Kier molecular flexibility index (Phi) is 3.33. The highest BCUT2D eigenvalue weighted by atomic mass is 16.5. The first kappa shape index (κ1) is 10.6. The van der Waals surface area contributed by atoms with Crippen molar-refractivity contribution in [2.24, 2.45) is 5.92 Å². The second-order valence-electron chi connectivity index (χ2n) is 4.03. The van der Waals surface area contributed by atoms with Crippen LogP contribution in [0.4, 0.5) is 0 Å². The van der Waals surface area contributed by atoms with Gasteiger partial charge in [-0.3, -0.25) is 4.90 Å². The quantitative estimate of drug-likeness (QED) is 0.783. The third kappa shape index (κ3) is 2.54. The average Bonchev–Trinajstić information content (AvgIpc) is 2.87. The van der Waals surface area contributed by atoms with Gasteiger partial charge >= 0.3 is 0 Å². The zero-order valence-corrected chi connectivity index (χ0v) is 9.02. The van der Waals surface area contributed by atoms with E-state index >= 15 is 0 Å². The standard InChI is InChI=1S/C10H17N3O2/c1-2-9-11-10(15-12-9)6-13-4-3-8(5-13)7-14/h8,14H,2-7H2,1H3. The van der Waals surface area contributed by atoms with Gasteiger partial charge in [0.1, 0.15) is 0 Å². The highest BCUT2D eigenvalue weighted by molar-refractivity contribution is 4.87. The summed E-state index contributed by atoms with van der Waals surface area (Å²) in [5, 5.41) is 12.9. The number of hydrogen-bond donors (Lipinski definition) is 1. The first-order valence-electron chi connectivity index (χ1n) is 5.46. The molecular weight excluding hydrogens is 194 g/mol. The summed E-state index contributed by atoms with van der Waals surface area (Å²) in [6.07, 6.45) is 1.87. The van der Waals surface area contributed by atoms with Crippen molar-refractivity contribution in [2.45, 2.75) is 26.3 Å². The summed E-state index contributed by atoms with van der Waals surface area (Å²) in [5.74, 6) is 1.87. The summed E-state index contributed by atoms with van der Waals surface area (Å²) in [4.78, 5) is 6.51. The molecule has 1 unspecified atom stereocenters. The van der Waals surface area contributed by atoms with E-state index in [2.05, 4.69) is 15.0 Å². The SMILES string of the molecule is CCc1noc(CN2CCC(CO)C2)n1. The summed E-state index contributed by atoms with van der Waals surface area (Å²) in [6, 6.07) is 0. The van der Waals surface area contributed by atoms with Crippen LogP contribution in [0.5, 0.6) is 0 Å². The third-order valence-corrected chi connectivity index (χ3v) is 2.81. The number of aryl methyl sites for hydroxylation is 1. The van der Waals surface area contributed by atoms with Crippen molar-refractivity contribution in [3.05, 3.63) is 11.7 Å². The van der Waals surface area contributed by atoms with Gasteiger partial charge in [0.2, 0.25) is 5.89 Å². The molecular formula is C10H17N3O2. The molecule has 15 heavy (non-hydrogen) atoms. The average molecular weight is 211 g/mol. The van der Waals surface area contributed by atoms with Crippen LogP contribution in [0.25, 0.3) is 0 Å². The Morgan fingerprint density at radius 1 is 1.60 bits per heavy atom. The number of aliphatic hydroxyl groups excluding tert-OH is 1. The van der Waals surface area contributed by atoms with Crippen LogP contribution >= 0.6 is 0 Å². The number of hydrogen-bond acceptors (Lipinski definition) is 5. The van der Waals surface area contributed by atoms with Crippen LogP contribution in [0.15, 0.2) is 4.52 Å². The van der Waals surface area contributed by atoms with Crippen molar-refractivity contribution in [3.8, 4) is 0 Å². The Morgan fingerprint density at radius 2 is 2.47 bits per heavy atom. The van der Waals surface area contributed by atoms with Crippen molar-refractivity contribution in [2.75, 3.05) is 19.7 Å². The molecule has 0 aromatic carbocycles. The number of likely N-dealkylation sites (tertiary alicyclic amines) is 1. The summed E-state index contributed by atoms with van der Waals surface area (Å²) >= 11 is 0. The Labute approximate surface area is 89.1 Å². The van der Waals surface area contributed by atoms with Gasteiger partial charge in [-0.15, -0.1) is 0 Å². The molecule has 5 nitrogen and oxygen atoms in total. The minimum Gasteiger partial charge on any atom is -0.396 e. The molecule has 0 aliphatic carbocycles. The predicted molar refractivity (Wildman–Crippen MR) is 54.1 cm³/mol.